The molecule has 1 aliphatic rings. The smallest absolute Gasteiger partial charge is 0.225 e. The molecule has 134 valence electrons. The highest BCUT2D eigenvalue weighted by atomic mass is 32.2. The van der Waals surface area contributed by atoms with Crippen LogP contribution in [0.5, 0.6) is 0 Å². The molecule has 5 nitrogen and oxygen atoms in total. The van der Waals surface area contributed by atoms with E-state index in [0.29, 0.717) is 12.2 Å². The molecule has 2 heterocycles. The van der Waals surface area contributed by atoms with E-state index in [4.69, 9.17) is 4.42 Å². The molecule has 0 unspecified atom stereocenters. The molecule has 1 saturated heterocycles. The van der Waals surface area contributed by atoms with Crippen LogP contribution >= 0.6 is 0 Å². The first-order valence-corrected chi connectivity index (χ1v) is 10.4. The summed E-state index contributed by atoms with van der Waals surface area (Å²) in [6, 6.07) is 18.7. The maximum Gasteiger partial charge on any atom is 0.225 e. The zero-order valence-electron chi connectivity index (χ0n) is 14.1. The van der Waals surface area contributed by atoms with Crippen molar-refractivity contribution in [3.8, 4) is 0 Å². The Morgan fingerprint density at radius 1 is 1.08 bits per heavy atom. The van der Waals surface area contributed by atoms with Crippen LogP contribution in [0.15, 0.2) is 65.1 Å². The second kappa shape index (κ2) is 6.61. The third-order valence-corrected chi connectivity index (χ3v) is 6.52. The predicted molar refractivity (Wildman–Crippen MR) is 99.4 cm³/mol. The molecule has 1 amide bonds. The molecule has 2 aromatic carbocycles. The Bertz CT molecular complexity index is 1010. The largest absolute Gasteiger partial charge is 0.459 e. The predicted octanol–water partition coefficient (Wildman–Crippen LogP) is 3.07. The summed E-state index contributed by atoms with van der Waals surface area (Å²) in [7, 11) is -3.11. The molecule has 1 fully saturated rings. The Hall–Kier alpha value is -2.60. The fraction of sp³-hybridized carbons (Fsp3) is 0.250. The van der Waals surface area contributed by atoms with Crippen molar-refractivity contribution in [2.45, 2.75) is 12.5 Å². The Balaban J connectivity index is 1.66. The van der Waals surface area contributed by atoms with E-state index in [1.165, 1.54) is 0 Å². The molecule has 3 aromatic rings. The van der Waals surface area contributed by atoms with Crippen molar-refractivity contribution in [2.24, 2.45) is 5.92 Å². The number of hydrogen-bond donors (Lipinski definition) is 1. The SMILES string of the molecule is O=C(N[C@H](c1ccccc1)c1cc2ccccc2o1)[C@H]1CCS(=O)(=O)C1. The van der Waals surface area contributed by atoms with E-state index in [1.54, 1.807) is 0 Å². The molecule has 1 N–H and O–H groups in total. The van der Waals surface area contributed by atoms with Gasteiger partial charge in [-0.3, -0.25) is 4.79 Å². The van der Waals surface area contributed by atoms with Crippen molar-refractivity contribution in [1.82, 2.24) is 5.32 Å². The molecule has 1 aliphatic heterocycles. The van der Waals surface area contributed by atoms with Gasteiger partial charge in [-0.25, -0.2) is 8.42 Å². The van der Waals surface area contributed by atoms with Crippen LogP contribution in [0.1, 0.15) is 23.8 Å². The van der Waals surface area contributed by atoms with Gasteiger partial charge < -0.3 is 9.73 Å². The molecule has 1 aromatic heterocycles. The highest BCUT2D eigenvalue weighted by Gasteiger charge is 2.34. The summed E-state index contributed by atoms with van der Waals surface area (Å²) in [4.78, 5) is 12.7. The molecule has 0 spiro atoms. The first-order valence-electron chi connectivity index (χ1n) is 8.56. The average Bonchev–Trinajstić information content (AvgIpc) is 3.23. The minimum Gasteiger partial charge on any atom is -0.459 e. The van der Waals surface area contributed by atoms with Crippen molar-refractivity contribution >= 4 is 26.7 Å². The Morgan fingerprint density at radius 3 is 2.50 bits per heavy atom. The van der Waals surface area contributed by atoms with Gasteiger partial charge in [-0.05, 0) is 24.1 Å². The van der Waals surface area contributed by atoms with E-state index in [9.17, 15) is 13.2 Å². The maximum absolute atomic E-state index is 12.7. The number of carbonyl (C=O) groups excluding carboxylic acids is 1. The van der Waals surface area contributed by atoms with E-state index in [1.807, 2.05) is 60.7 Å². The van der Waals surface area contributed by atoms with Gasteiger partial charge in [-0.15, -0.1) is 0 Å². The number of nitrogens with one attached hydrogen (secondary N) is 1. The number of furan rings is 1. The molecule has 6 heteroatoms. The van der Waals surface area contributed by atoms with Gasteiger partial charge in [0.2, 0.25) is 5.91 Å². The van der Waals surface area contributed by atoms with Gasteiger partial charge in [0, 0.05) is 5.39 Å². The number of para-hydroxylation sites is 1. The molecule has 4 rings (SSSR count). The first kappa shape index (κ1) is 16.8. The lowest BCUT2D eigenvalue weighted by atomic mass is 10.0. The van der Waals surface area contributed by atoms with Gasteiger partial charge in [0.1, 0.15) is 17.4 Å². The summed E-state index contributed by atoms with van der Waals surface area (Å²) in [6.45, 7) is 0. The standard InChI is InChI=1S/C20H19NO4S/c22-20(16-10-11-26(23,24)13-16)21-19(14-6-2-1-3-7-14)18-12-15-8-4-5-9-17(15)25-18/h1-9,12,16,19H,10-11,13H2,(H,21,22)/t16-,19+/m0/s1. The van der Waals surface area contributed by atoms with Crippen molar-refractivity contribution in [3.05, 3.63) is 72.0 Å². The average molecular weight is 369 g/mol. The second-order valence-electron chi connectivity index (χ2n) is 6.64. The zero-order chi connectivity index (χ0) is 18.1. The highest BCUT2D eigenvalue weighted by molar-refractivity contribution is 7.91. The zero-order valence-corrected chi connectivity index (χ0v) is 14.9. The molecule has 0 radical (unpaired) electrons. The van der Waals surface area contributed by atoms with Crippen molar-refractivity contribution in [2.75, 3.05) is 11.5 Å². The summed E-state index contributed by atoms with van der Waals surface area (Å²) >= 11 is 0. The van der Waals surface area contributed by atoms with Gasteiger partial charge in [0.15, 0.2) is 9.84 Å². The minimum atomic E-state index is -3.11. The molecule has 0 aliphatic carbocycles. The van der Waals surface area contributed by atoms with Crippen LogP contribution in [-0.2, 0) is 14.6 Å². The molecule has 0 saturated carbocycles. The number of hydrogen-bond acceptors (Lipinski definition) is 4. The monoisotopic (exact) mass is 369 g/mol. The number of sulfone groups is 1. The number of fused-ring (bicyclic) bond motifs is 1. The van der Waals surface area contributed by atoms with Crippen LogP contribution < -0.4 is 5.32 Å². The fourth-order valence-corrected chi connectivity index (χ4v) is 5.11. The second-order valence-corrected chi connectivity index (χ2v) is 8.87. The van der Waals surface area contributed by atoms with Gasteiger partial charge in [0.05, 0.1) is 17.4 Å². The van der Waals surface area contributed by atoms with Gasteiger partial charge in [0.25, 0.3) is 0 Å². The number of benzene rings is 2. The lowest BCUT2D eigenvalue weighted by Crippen LogP contribution is -2.35. The van der Waals surface area contributed by atoms with Crippen LogP contribution in [0.25, 0.3) is 11.0 Å². The highest BCUT2D eigenvalue weighted by Crippen LogP contribution is 2.29. The van der Waals surface area contributed by atoms with Crippen LogP contribution in [0, 0.1) is 5.92 Å². The normalized spacial score (nSPS) is 20.1. The minimum absolute atomic E-state index is 0.0751. The Kier molecular flexibility index (Phi) is 4.28. The quantitative estimate of drug-likeness (QED) is 0.767. The molecule has 0 bridgehead atoms. The van der Waals surface area contributed by atoms with Crippen LogP contribution in [0.4, 0.5) is 0 Å². The van der Waals surface area contributed by atoms with Crippen molar-refractivity contribution < 1.29 is 17.6 Å². The van der Waals surface area contributed by atoms with E-state index in [2.05, 4.69) is 5.32 Å². The van der Waals surface area contributed by atoms with Crippen molar-refractivity contribution in [3.63, 3.8) is 0 Å². The fourth-order valence-electron chi connectivity index (χ4n) is 3.37. The summed E-state index contributed by atoms with van der Waals surface area (Å²) in [5, 5.41) is 3.95. The lowest BCUT2D eigenvalue weighted by molar-refractivity contribution is -0.124. The van der Waals surface area contributed by atoms with Gasteiger partial charge in [-0.1, -0.05) is 48.5 Å². The van der Waals surface area contributed by atoms with E-state index >= 15 is 0 Å². The van der Waals surface area contributed by atoms with Gasteiger partial charge in [-0.2, -0.15) is 0 Å². The Morgan fingerprint density at radius 2 is 1.81 bits per heavy atom. The van der Waals surface area contributed by atoms with E-state index in [0.717, 1.165) is 16.5 Å². The lowest BCUT2D eigenvalue weighted by Gasteiger charge is -2.19. The van der Waals surface area contributed by atoms with Gasteiger partial charge >= 0.3 is 0 Å². The van der Waals surface area contributed by atoms with Crippen LogP contribution in [0.3, 0.4) is 0 Å². The molecule has 26 heavy (non-hydrogen) atoms. The molecule has 2 atom stereocenters. The topological polar surface area (TPSA) is 76.4 Å². The van der Waals surface area contributed by atoms with Crippen LogP contribution in [0.2, 0.25) is 0 Å². The number of carbonyl (C=O) groups is 1. The van der Waals surface area contributed by atoms with E-state index < -0.39 is 21.8 Å². The molecular formula is C20H19NO4S. The third-order valence-electron chi connectivity index (χ3n) is 4.75. The Labute approximate surface area is 151 Å². The summed E-state index contributed by atoms with van der Waals surface area (Å²) < 4.78 is 29.3. The summed E-state index contributed by atoms with van der Waals surface area (Å²) in [5.41, 5.74) is 1.64. The maximum atomic E-state index is 12.7. The number of amides is 1. The first-order chi connectivity index (χ1) is 12.5. The number of rotatable bonds is 4. The third kappa shape index (κ3) is 3.37. The molecular weight excluding hydrogens is 350 g/mol. The summed E-state index contributed by atoms with van der Waals surface area (Å²) in [6.07, 6.45) is 0.371. The van der Waals surface area contributed by atoms with Crippen LogP contribution in [-0.4, -0.2) is 25.8 Å². The van der Waals surface area contributed by atoms with Crippen molar-refractivity contribution in [1.29, 1.82) is 0 Å². The van der Waals surface area contributed by atoms with E-state index in [-0.39, 0.29) is 17.4 Å². The summed E-state index contributed by atoms with van der Waals surface area (Å²) in [5.74, 6) is -0.130.